The number of aromatic amines is 1. The van der Waals surface area contributed by atoms with Gasteiger partial charge in [0.05, 0.1) is 18.4 Å². The average molecular weight is 302 g/mol. The number of nitrogens with one attached hydrogen (secondary N) is 2. The number of hydrogen-bond acceptors (Lipinski definition) is 4. The largest absolute Gasteiger partial charge is 0.333 e. The first-order valence-electron chi connectivity index (χ1n) is 6.55. The van der Waals surface area contributed by atoms with Crippen LogP contribution in [0.2, 0.25) is 0 Å². The van der Waals surface area contributed by atoms with Gasteiger partial charge in [-0.3, -0.25) is 9.69 Å². The summed E-state index contributed by atoms with van der Waals surface area (Å²) in [5, 5.41) is 3.28. The van der Waals surface area contributed by atoms with Gasteiger partial charge in [-0.05, 0) is 5.56 Å². The molecule has 0 aliphatic carbocycles. The van der Waals surface area contributed by atoms with E-state index < -0.39 is 0 Å². The molecule has 2 N–H and O–H groups in total. The van der Waals surface area contributed by atoms with Crippen LogP contribution in [0.4, 0.5) is 4.79 Å². The molecule has 0 spiro atoms. The highest BCUT2D eigenvalue weighted by Gasteiger charge is 2.27. The smallest absolute Gasteiger partial charge is 0.324 e. The SMILES string of the molecule is O=C1CNC(=O)N1CCSc1ncc(-c2ccccc2)[nH]1. The molecule has 0 saturated carbocycles. The first-order valence-corrected chi connectivity index (χ1v) is 7.54. The molecular formula is C14H14N4O2S. The molecule has 6 nitrogen and oxygen atoms in total. The number of rotatable bonds is 5. The van der Waals surface area contributed by atoms with E-state index in [-0.39, 0.29) is 18.5 Å². The predicted molar refractivity (Wildman–Crippen MR) is 79.9 cm³/mol. The van der Waals surface area contributed by atoms with Gasteiger partial charge in [-0.1, -0.05) is 42.1 Å². The molecule has 3 rings (SSSR count). The van der Waals surface area contributed by atoms with Crippen LogP contribution in [0.25, 0.3) is 11.3 Å². The van der Waals surface area contributed by atoms with E-state index in [9.17, 15) is 9.59 Å². The summed E-state index contributed by atoms with van der Waals surface area (Å²) in [5.74, 6) is 0.436. The number of imide groups is 1. The normalized spacial score (nSPS) is 14.6. The number of carbonyl (C=O) groups is 2. The van der Waals surface area contributed by atoms with Gasteiger partial charge >= 0.3 is 6.03 Å². The second-order valence-corrected chi connectivity index (χ2v) is 5.60. The zero-order valence-corrected chi connectivity index (χ0v) is 12.0. The maximum absolute atomic E-state index is 11.4. The molecule has 1 fully saturated rings. The number of urea groups is 1. The fourth-order valence-corrected chi connectivity index (χ4v) is 2.83. The van der Waals surface area contributed by atoms with Crippen LogP contribution in [0.3, 0.4) is 0 Å². The molecule has 3 amide bonds. The Labute approximate surface area is 125 Å². The molecule has 0 bridgehead atoms. The van der Waals surface area contributed by atoms with Gasteiger partial charge in [-0.15, -0.1) is 0 Å². The van der Waals surface area contributed by atoms with Crippen LogP contribution in [0.5, 0.6) is 0 Å². The lowest BCUT2D eigenvalue weighted by atomic mass is 10.2. The van der Waals surface area contributed by atoms with Crippen molar-refractivity contribution in [1.29, 1.82) is 0 Å². The molecule has 0 atom stereocenters. The van der Waals surface area contributed by atoms with Crippen molar-refractivity contribution < 1.29 is 9.59 Å². The van der Waals surface area contributed by atoms with Crippen molar-refractivity contribution in [2.45, 2.75) is 5.16 Å². The second kappa shape index (κ2) is 6.01. The Kier molecular flexibility index (Phi) is 3.92. The molecule has 0 unspecified atom stereocenters. The number of nitrogens with zero attached hydrogens (tertiary/aromatic N) is 2. The monoisotopic (exact) mass is 302 g/mol. The van der Waals surface area contributed by atoms with E-state index in [0.29, 0.717) is 12.3 Å². The first kappa shape index (κ1) is 13.7. The summed E-state index contributed by atoms with van der Waals surface area (Å²) >= 11 is 1.49. The van der Waals surface area contributed by atoms with Crippen molar-refractivity contribution >= 4 is 23.7 Å². The minimum absolute atomic E-state index is 0.0996. The molecule has 108 valence electrons. The van der Waals surface area contributed by atoms with Crippen molar-refractivity contribution in [1.82, 2.24) is 20.2 Å². The van der Waals surface area contributed by atoms with E-state index in [1.165, 1.54) is 16.7 Å². The van der Waals surface area contributed by atoms with Gasteiger partial charge in [0.25, 0.3) is 0 Å². The second-order valence-electron chi connectivity index (χ2n) is 4.52. The average Bonchev–Trinajstić information content (AvgIpc) is 3.10. The molecule has 1 aliphatic rings. The topological polar surface area (TPSA) is 78.1 Å². The molecule has 1 aromatic carbocycles. The van der Waals surface area contributed by atoms with E-state index in [0.717, 1.165) is 16.4 Å². The van der Waals surface area contributed by atoms with Gasteiger partial charge in [0.1, 0.15) is 0 Å². The van der Waals surface area contributed by atoms with E-state index in [1.54, 1.807) is 6.20 Å². The number of amides is 3. The summed E-state index contributed by atoms with van der Waals surface area (Å²) in [6, 6.07) is 9.61. The zero-order valence-electron chi connectivity index (χ0n) is 11.2. The lowest BCUT2D eigenvalue weighted by molar-refractivity contribution is -0.124. The maximum Gasteiger partial charge on any atom is 0.324 e. The molecule has 0 radical (unpaired) electrons. The number of thioether (sulfide) groups is 1. The molecule has 21 heavy (non-hydrogen) atoms. The van der Waals surface area contributed by atoms with Crippen molar-refractivity contribution in [3.8, 4) is 11.3 Å². The van der Waals surface area contributed by atoms with Crippen LogP contribution in [0.1, 0.15) is 0 Å². The van der Waals surface area contributed by atoms with Gasteiger partial charge < -0.3 is 10.3 Å². The summed E-state index contributed by atoms with van der Waals surface area (Å²) in [5.41, 5.74) is 2.03. The quantitative estimate of drug-likeness (QED) is 0.651. The van der Waals surface area contributed by atoms with Crippen LogP contribution < -0.4 is 5.32 Å². The molecule has 2 heterocycles. The Morgan fingerprint density at radius 1 is 1.24 bits per heavy atom. The highest BCUT2D eigenvalue weighted by molar-refractivity contribution is 7.99. The van der Waals surface area contributed by atoms with Crippen molar-refractivity contribution in [3.05, 3.63) is 36.5 Å². The van der Waals surface area contributed by atoms with Crippen LogP contribution in [0.15, 0.2) is 41.7 Å². The van der Waals surface area contributed by atoms with Gasteiger partial charge in [0.2, 0.25) is 5.91 Å². The highest BCUT2D eigenvalue weighted by Crippen LogP contribution is 2.21. The fourth-order valence-electron chi connectivity index (χ4n) is 2.06. The molecule has 1 aromatic heterocycles. The molecule has 2 aromatic rings. The summed E-state index contributed by atoms with van der Waals surface area (Å²) in [6.07, 6.45) is 1.78. The highest BCUT2D eigenvalue weighted by atomic mass is 32.2. The molecule has 1 saturated heterocycles. The van der Waals surface area contributed by atoms with Crippen LogP contribution in [-0.4, -0.2) is 45.6 Å². The number of carbonyl (C=O) groups excluding carboxylic acids is 2. The summed E-state index contributed by atoms with van der Waals surface area (Å²) < 4.78 is 0. The summed E-state index contributed by atoms with van der Waals surface area (Å²) in [4.78, 5) is 31.6. The Hall–Kier alpha value is -2.28. The van der Waals surface area contributed by atoms with E-state index in [1.807, 2.05) is 30.3 Å². The number of H-pyrrole nitrogens is 1. The third kappa shape index (κ3) is 3.08. The third-order valence-corrected chi connectivity index (χ3v) is 4.00. The van der Waals surface area contributed by atoms with Crippen molar-refractivity contribution in [3.63, 3.8) is 0 Å². The number of imidazole rings is 1. The predicted octanol–water partition coefficient (Wildman–Crippen LogP) is 1.72. The Morgan fingerprint density at radius 3 is 2.76 bits per heavy atom. The van der Waals surface area contributed by atoms with E-state index in [2.05, 4.69) is 15.3 Å². The van der Waals surface area contributed by atoms with Crippen LogP contribution in [-0.2, 0) is 4.79 Å². The maximum atomic E-state index is 11.4. The molecular weight excluding hydrogens is 288 g/mol. The first-order chi connectivity index (χ1) is 10.2. The Bertz CT molecular complexity index is 640. The summed E-state index contributed by atoms with van der Waals surface area (Å²) in [6.45, 7) is 0.485. The third-order valence-electron chi connectivity index (χ3n) is 3.13. The van der Waals surface area contributed by atoms with Gasteiger partial charge in [0.15, 0.2) is 5.16 Å². The minimum atomic E-state index is -0.315. The lowest BCUT2D eigenvalue weighted by Crippen LogP contribution is -2.32. The van der Waals surface area contributed by atoms with Gasteiger partial charge in [0, 0.05) is 12.3 Å². The lowest BCUT2D eigenvalue weighted by Gasteiger charge is -2.10. The number of benzene rings is 1. The van der Waals surface area contributed by atoms with Crippen molar-refractivity contribution in [2.75, 3.05) is 18.8 Å². The zero-order chi connectivity index (χ0) is 14.7. The van der Waals surface area contributed by atoms with Crippen molar-refractivity contribution in [2.24, 2.45) is 0 Å². The van der Waals surface area contributed by atoms with E-state index in [4.69, 9.17) is 0 Å². The van der Waals surface area contributed by atoms with Gasteiger partial charge in [-0.25, -0.2) is 9.78 Å². The standard InChI is InChI=1S/C14H14N4O2S/c19-12-9-16-14(20)18(12)6-7-21-13-15-8-11(17-13)10-4-2-1-3-5-10/h1-5,8H,6-7,9H2,(H,15,17)(H,16,20). The number of hydrogen-bond donors (Lipinski definition) is 2. The summed E-state index contributed by atoms with van der Waals surface area (Å²) in [7, 11) is 0. The van der Waals surface area contributed by atoms with Crippen LogP contribution in [0, 0.1) is 0 Å². The Morgan fingerprint density at radius 2 is 2.05 bits per heavy atom. The molecule has 7 heteroatoms. The molecule has 1 aliphatic heterocycles. The van der Waals surface area contributed by atoms with E-state index >= 15 is 0 Å². The minimum Gasteiger partial charge on any atom is -0.333 e. The fraction of sp³-hybridized carbons (Fsp3) is 0.214. The number of aromatic nitrogens is 2. The Balaban J connectivity index is 1.56. The van der Waals surface area contributed by atoms with Crippen LogP contribution >= 0.6 is 11.8 Å². The van der Waals surface area contributed by atoms with Gasteiger partial charge in [-0.2, -0.15) is 0 Å².